The van der Waals surface area contributed by atoms with Crippen molar-refractivity contribution in [3.05, 3.63) is 12.7 Å². The van der Waals surface area contributed by atoms with Crippen molar-refractivity contribution >= 4 is 12.0 Å². The fourth-order valence-corrected chi connectivity index (χ4v) is 0.474. The summed E-state index contributed by atoms with van der Waals surface area (Å²) in [7, 11) is 0. The summed E-state index contributed by atoms with van der Waals surface area (Å²) in [6, 6.07) is -1.39. The molecule has 0 rings (SSSR count). The molecular weight excluding hydrogens is 160 g/mol. The summed E-state index contributed by atoms with van der Waals surface area (Å²) >= 11 is 0. The maximum absolute atomic E-state index is 10.8. The van der Waals surface area contributed by atoms with Gasteiger partial charge in [0.05, 0.1) is 0 Å². The van der Waals surface area contributed by atoms with Crippen molar-refractivity contribution in [2.45, 2.75) is 13.0 Å². The summed E-state index contributed by atoms with van der Waals surface area (Å²) in [6.07, 6.45) is 1.50. The Morgan fingerprint density at radius 3 is 2.67 bits per heavy atom. The quantitative estimate of drug-likeness (QED) is 0.520. The monoisotopic (exact) mass is 172 g/mol. The van der Waals surface area contributed by atoms with Gasteiger partial charge >= 0.3 is 12.0 Å². The number of nitrogens with one attached hydrogen (secondary N) is 2. The lowest BCUT2D eigenvalue weighted by Crippen LogP contribution is -2.44. The summed E-state index contributed by atoms with van der Waals surface area (Å²) in [4.78, 5) is 21.0. The van der Waals surface area contributed by atoms with E-state index in [-0.39, 0.29) is 0 Å². The number of hydrogen-bond acceptors (Lipinski definition) is 2. The van der Waals surface area contributed by atoms with Gasteiger partial charge in [-0.3, -0.25) is 4.79 Å². The molecule has 0 heterocycles. The molecule has 1 atom stereocenters. The van der Waals surface area contributed by atoms with Crippen molar-refractivity contribution in [3.8, 4) is 0 Å². The number of carbonyl (C=O) groups is 2. The van der Waals surface area contributed by atoms with E-state index in [0.29, 0.717) is 6.54 Å². The van der Waals surface area contributed by atoms with Crippen LogP contribution in [0.2, 0.25) is 0 Å². The molecule has 0 spiro atoms. The van der Waals surface area contributed by atoms with E-state index in [2.05, 4.69) is 17.2 Å². The number of aliphatic carboxylic acids is 1. The summed E-state index contributed by atoms with van der Waals surface area (Å²) in [5, 5.41) is 13.0. The van der Waals surface area contributed by atoms with Gasteiger partial charge in [0.2, 0.25) is 0 Å². The van der Waals surface area contributed by atoms with Crippen LogP contribution in [0.4, 0.5) is 4.79 Å². The van der Waals surface area contributed by atoms with E-state index in [1.807, 2.05) is 0 Å². The molecule has 12 heavy (non-hydrogen) atoms. The minimum absolute atomic E-state index is 0.318. The number of urea groups is 1. The summed E-state index contributed by atoms with van der Waals surface area (Å²) in [6.45, 7) is 5.09. The van der Waals surface area contributed by atoms with Crippen molar-refractivity contribution in [2.75, 3.05) is 6.54 Å². The minimum Gasteiger partial charge on any atom is -0.480 e. The fourth-order valence-electron chi connectivity index (χ4n) is 0.474. The Kier molecular flexibility index (Phi) is 4.52. The van der Waals surface area contributed by atoms with Crippen LogP contribution < -0.4 is 10.6 Å². The van der Waals surface area contributed by atoms with Gasteiger partial charge in [0.1, 0.15) is 6.04 Å². The SMILES string of the molecule is C=CCNC(=O)N[C@H](C)C(=O)O. The lowest BCUT2D eigenvalue weighted by atomic mass is 10.3. The van der Waals surface area contributed by atoms with E-state index in [1.165, 1.54) is 13.0 Å². The van der Waals surface area contributed by atoms with Crippen LogP contribution in [0.15, 0.2) is 12.7 Å². The van der Waals surface area contributed by atoms with Gasteiger partial charge in [-0.15, -0.1) is 6.58 Å². The first-order valence-corrected chi connectivity index (χ1v) is 3.46. The first-order chi connectivity index (χ1) is 5.57. The standard InChI is InChI=1S/C7H12N2O3/c1-3-4-8-7(12)9-5(2)6(10)11/h3,5H,1,4H2,2H3,(H,10,11)(H2,8,9,12)/t5-/m1/s1. The molecule has 5 heteroatoms. The maximum Gasteiger partial charge on any atom is 0.325 e. The average molecular weight is 172 g/mol. The summed E-state index contributed by atoms with van der Waals surface area (Å²) < 4.78 is 0. The molecular formula is C7H12N2O3. The van der Waals surface area contributed by atoms with Gasteiger partial charge < -0.3 is 15.7 Å². The maximum atomic E-state index is 10.8. The number of amides is 2. The van der Waals surface area contributed by atoms with Crippen LogP contribution >= 0.6 is 0 Å². The number of hydrogen-bond donors (Lipinski definition) is 3. The summed E-state index contributed by atoms with van der Waals surface area (Å²) in [5.41, 5.74) is 0. The number of carbonyl (C=O) groups excluding carboxylic acids is 1. The Hall–Kier alpha value is -1.52. The normalized spacial score (nSPS) is 11.4. The Morgan fingerprint density at radius 2 is 2.25 bits per heavy atom. The molecule has 0 aliphatic rings. The average Bonchev–Trinajstić information content (AvgIpc) is 2.00. The molecule has 0 radical (unpaired) electrons. The number of carboxylic acid groups (broad SMARTS) is 1. The van der Waals surface area contributed by atoms with Gasteiger partial charge in [0.15, 0.2) is 0 Å². The van der Waals surface area contributed by atoms with E-state index < -0.39 is 18.0 Å². The topological polar surface area (TPSA) is 78.4 Å². The van der Waals surface area contributed by atoms with E-state index >= 15 is 0 Å². The molecule has 3 N–H and O–H groups in total. The van der Waals surface area contributed by atoms with E-state index in [0.717, 1.165) is 0 Å². The van der Waals surface area contributed by atoms with E-state index in [9.17, 15) is 9.59 Å². The van der Waals surface area contributed by atoms with E-state index in [1.54, 1.807) is 0 Å². The molecule has 0 fully saturated rings. The second-order valence-electron chi connectivity index (χ2n) is 2.20. The largest absolute Gasteiger partial charge is 0.480 e. The van der Waals surface area contributed by atoms with Crippen molar-refractivity contribution in [1.82, 2.24) is 10.6 Å². The molecule has 0 saturated carbocycles. The van der Waals surface area contributed by atoms with Crippen LogP contribution in [-0.4, -0.2) is 29.7 Å². The highest BCUT2D eigenvalue weighted by atomic mass is 16.4. The molecule has 0 bridgehead atoms. The van der Waals surface area contributed by atoms with Crippen molar-refractivity contribution in [3.63, 3.8) is 0 Å². The van der Waals surface area contributed by atoms with Gasteiger partial charge in [-0.05, 0) is 6.92 Å². The zero-order valence-corrected chi connectivity index (χ0v) is 6.83. The van der Waals surface area contributed by atoms with Crippen LogP contribution in [0.5, 0.6) is 0 Å². The molecule has 5 nitrogen and oxygen atoms in total. The predicted molar refractivity (Wildman–Crippen MR) is 43.8 cm³/mol. The Balaban J connectivity index is 3.68. The molecule has 2 amide bonds. The Morgan fingerprint density at radius 1 is 1.67 bits per heavy atom. The Bertz CT molecular complexity index is 191. The molecule has 0 aliphatic carbocycles. The third kappa shape index (κ3) is 4.32. The zero-order valence-electron chi connectivity index (χ0n) is 6.83. The highest BCUT2D eigenvalue weighted by molar-refractivity contribution is 5.82. The molecule has 0 saturated heterocycles. The van der Waals surface area contributed by atoms with Gasteiger partial charge in [-0.1, -0.05) is 6.08 Å². The lowest BCUT2D eigenvalue weighted by Gasteiger charge is -2.08. The van der Waals surface area contributed by atoms with Crippen LogP contribution in [0, 0.1) is 0 Å². The predicted octanol–water partition coefficient (Wildman–Crippen LogP) is -0.0553. The molecule has 0 aromatic carbocycles. The van der Waals surface area contributed by atoms with Crippen molar-refractivity contribution < 1.29 is 14.7 Å². The number of carboxylic acids is 1. The van der Waals surface area contributed by atoms with Gasteiger partial charge in [-0.2, -0.15) is 0 Å². The third-order valence-electron chi connectivity index (χ3n) is 1.12. The van der Waals surface area contributed by atoms with Crippen LogP contribution in [0.1, 0.15) is 6.92 Å². The molecule has 0 unspecified atom stereocenters. The first-order valence-electron chi connectivity index (χ1n) is 3.46. The fraction of sp³-hybridized carbons (Fsp3) is 0.429. The summed E-state index contributed by atoms with van der Waals surface area (Å²) in [5.74, 6) is -1.07. The third-order valence-corrected chi connectivity index (χ3v) is 1.12. The van der Waals surface area contributed by atoms with Crippen molar-refractivity contribution in [2.24, 2.45) is 0 Å². The van der Waals surface area contributed by atoms with Crippen LogP contribution in [0.3, 0.4) is 0 Å². The second kappa shape index (κ2) is 5.17. The van der Waals surface area contributed by atoms with Crippen LogP contribution in [0.25, 0.3) is 0 Å². The smallest absolute Gasteiger partial charge is 0.325 e. The molecule has 0 aromatic rings. The van der Waals surface area contributed by atoms with E-state index in [4.69, 9.17) is 5.11 Å². The van der Waals surface area contributed by atoms with Gasteiger partial charge in [0, 0.05) is 6.54 Å². The van der Waals surface area contributed by atoms with Gasteiger partial charge in [0.25, 0.3) is 0 Å². The van der Waals surface area contributed by atoms with Gasteiger partial charge in [-0.25, -0.2) is 4.79 Å². The molecule has 68 valence electrons. The second-order valence-corrected chi connectivity index (χ2v) is 2.20. The first kappa shape index (κ1) is 10.5. The Labute approximate surface area is 70.5 Å². The molecule has 0 aromatic heterocycles. The highest BCUT2D eigenvalue weighted by Gasteiger charge is 2.12. The molecule has 0 aliphatic heterocycles. The minimum atomic E-state index is -1.07. The highest BCUT2D eigenvalue weighted by Crippen LogP contribution is 1.79. The zero-order chi connectivity index (χ0) is 9.56. The number of rotatable bonds is 4. The lowest BCUT2D eigenvalue weighted by molar-refractivity contribution is -0.138. The van der Waals surface area contributed by atoms with Crippen molar-refractivity contribution in [1.29, 1.82) is 0 Å². The van der Waals surface area contributed by atoms with Crippen LogP contribution in [-0.2, 0) is 4.79 Å².